The van der Waals surface area contributed by atoms with Crippen LogP contribution in [0.1, 0.15) is 24.3 Å². The molecule has 1 N–H and O–H groups in total. The minimum absolute atomic E-state index is 0.486. The number of aliphatic hydroxyl groups excluding tert-OH is 1. The van der Waals surface area contributed by atoms with Crippen LogP contribution in [0.2, 0.25) is 0 Å². The monoisotopic (exact) mass is 197 g/mol. The van der Waals surface area contributed by atoms with Crippen molar-refractivity contribution >= 4 is 0 Å². The Morgan fingerprint density at radius 3 is 2.43 bits per heavy atom. The van der Waals surface area contributed by atoms with Gasteiger partial charge < -0.3 is 14.6 Å². The van der Waals surface area contributed by atoms with Crippen molar-refractivity contribution in [2.24, 2.45) is 0 Å². The molecule has 4 heteroatoms. The highest BCUT2D eigenvalue weighted by Crippen LogP contribution is 2.28. The van der Waals surface area contributed by atoms with Crippen LogP contribution >= 0.6 is 0 Å². The largest absolute Gasteiger partial charge is 0.496 e. The van der Waals surface area contributed by atoms with E-state index in [1.807, 2.05) is 6.92 Å². The third-order valence-electron chi connectivity index (χ3n) is 2.04. The van der Waals surface area contributed by atoms with Gasteiger partial charge in [-0.15, -0.1) is 0 Å². The van der Waals surface area contributed by atoms with Crippen LogP contribution in [0.5, 0.6) is 11.6 Å². The van der Waals surface area contributed by atoms with E-state index >= 15 is 0 Å². The fourth-order valence-electron chi connectivity index (χ4n) is 1.21. The quantitative estimate of drug-likeness (QED) is 0.797. The first-order valence-corrected chi connectivity index (χ1v) is 4.37. The minimum atomic E-state index is -0.626. The predicted octanol–water partition coefficient (Wildman–Crippen LogP) is 1.46. The van der Waals surface area contributed by atoms with E-state index in [1.165, 1.54) is 0 Å². The average molecular weight is 197 g/mol. The molecule has 0 aliphatic rings. The molecule has 78 valence electrons. The molecule has 1 aromatic heterocycles. The molecule has 0 aromatic carbocycles. The van der Waals surface area contributed by atoms with E-state index in [2.05, 4.69) is 4.98 Å². The van der Waals surface area contributed by atoms with Crippen molar-refractivity contribution in [3.05, 3.63) is 17.3 Å². The lowest BCUT2D eigenvalue weighted by Gasteiger charge is -2.12. The summed E-state index contributed by atoms with van der Waals surface area (Å²) in [6.45, 7) is 3.51. The molecule has 0 saturated carbocycles. The molecular weight excluding hydrogens is 182 g/mol. The predicted molar refractivity (Wildman–Crippen MR) is 52.7 cm³/mol. The molecule has 1 aromatic rings. The van der Waals surface area contributed by atoms with Gasteiger partial charge in [-0.05, 0) is 13.8 Å². The van der Waals surface area contributed by atoms with Crippen molar-refractivity contribution in [2.45, 2.75) is 20.0 Å². The fraction of sp³-hybridized carbons (Fsp3) is 0.500. The Kier molecular flexibility index (Phi) is 3.30. The van der Waals surface area contributed by atoms with Crippen molar-refractivity contribution in [2.75, 3.05) is 14.2 Å². The van der Waals surface area contributed by atoms with Crippen molar-refractivity contribution in [1.29, 1.82) is 0 Å². The lowest BCUT2D eigenvalue weighted by molar-refractivity contribution is 0.192. The molecule has 0 aliphatic heterocycles. The molecule has 0 saturated heterocycles. The second kappa shape index (κ2) is 4.28. The summed E-state index contributed by atoms with van der Waals surface area (Å²) in [4.78, 5) is 4.15. The molecule has 0 fully saturated rings. The van der Waals surface area contributed by atoms with Crippen molar-refractivity contribution in [1.82, 2.24) is 4.98 Å². The van der Waals surface area contributed by atoms with Gasteiger partial charge in [-0.1, -0.05) is 0 Å². The van der Waals surface area contributed by atoms with Gasteiger partial charge in [0.05, 0.1) is 31.6 Å². The number of aliphatic hydroxyl groups is 1. The highest BCUT2D eigenvalue weighted by molar-refractivity contribution is 5.41. The lowest BCUT2D eigenvalue weighted by Crippen LogP contribution is -2.02. The SMILES string of the molecule is COc1cc(C(C)O)nc(OC)c1C. The van der Waals surface area contributed by atoms with E-state index < -0.39 is 6.10 Å². The maximum Gasteiger partial charge on any atom is 0.220 e. The summed E-state index contributed by atoms with van der Waals surface area (Å²) < 4.78 is 10.2. The van der Waals surface area contributed by atoms with Crippen LogP contribution in [0.3, 0.4) is 0 Å². The smallest absolute Gasteiger partial charge is 0.220 e. The van der Waals surface area contributed by atoms with Crippen molar-refractivity contribution in [3.8, 4) is 11.6 Å². The fourth-order valence-corrected chi connectivity index (χ4v) is 1.21. The molecule has 1 atom stereocenters. The van der Waals surface area contributed by atoms with Gasteiger partial charge in [0, 0.05) is 6.07 Å². The van der Waals surface area contributed by atoms with E-state index in [9.17, 15) is 5.11 Å². The maximum atomic E-state index is 9.38. The zero-order valence-corrected chi connectivity index (χ0v) is 8.87. The van der Waals surface area contributed by atoms with E-state index in [4.69, 9.17) is 9.47 Å². The van der Waals surface area contributed by atoms with Gasteiger partial charge in [-0.3, -0.25) is 0 Å². The standard InChI is InChI=1S/C10H15NO3/c1-6-9(13-3)5-8(7(2)12)11-10(6)14-4/h5,7,12H,1-4H3. The van der Waals surface area contributed by atoms with Crippen LogP contribution in [-0.2, 0) is 0 Å². The molecule has 4 nitrogen and oxygen atoms in total. The van der Waals surface area contributed by atoms with E-state index in [-0.39, 0.29) is 0 Å². The second-order valence-corrected chi connectivity index (χ2v) is 3.06. The zero-order valence-electron chi connectivity index (χ0n) is 8.87. The number of hydrogen-bond donors (Lipinski definition) is 1. The van der Waals surface area contributed by atoms with Gasteiger partial charge in [0.2, 0.25) is 5.88 Å². The molecule has 0 spiro atoms. The first-order chi connectivity index (χ1) is 6.60. The molecule has 1 rings (SSSR count). The van der Waals surface area contributed by atoms with E-state index in [0.717, 1.165) is 5.56 Å². The molecule has 14 heavy (non-hydrogen) atoms. The number of methoxy groups -OCH3 is 2. The Bertz CT molecular complexity index is 298. The Morgan fingerprint density at radius 1 is 1.36 bits per heavy atom. The highest BCUT2D eigenvalue weighted by atomic mass is 16.5. The first kappa shape index (κ1) is 10.8. The number of rotatable bonds is 3. The van der Waals surface area contributed by atoms with Crippen LogP contribution < -0.4 is 9.47 Å². The molecular formula is C10H15NO3. The van der Waals surface area contributed by atoms with Crippen LogP contribution in [0, 0.1) is 6.92 Å². The normalized spacial score (nSPS) is 12.4. The van der Waals surface area contributed by atoms with Gasteiger partial charge in [-0.2, -0.15) is 0 Å². The highest BCUT2D eigenvalue weighted by Gasteiger charge is 2.12. The number of aromatic nitrogens is 1. The summed E-state index contributed by atoms with van der Waals surface area (Å²) in [7, 11) is 3.12. The summed E-state index contributed by atoms with van der Waals surface area (Å²) in [5.41, 5.74) is 1.38. The third-order valence-corrected chi connectivity index (χ3v) is 2.04. The Hall–Kier alpha value is -1.29. The van der Waals surface area contributed by atoms with Crippen LogP contribution in [-0.4, -0.2) is 24.3 Å². The minimum Gasteiger partial charge on any atom is -0.496 e. The third kappa shape index (κ3) is 1.96. The molecule has 0 aliphatic carbocycles. The summed E-state index contributed by atoms with van der Waals surface area (Å²) in [6, 6.07) is 1.71. The van der Waals surface area contributed by atoms with Crippen LogP contribution in [0.4, 0.5) is 0 Å². The lowest BCUT2D eigenvalue weighted by atomic mass is 10.2. The van der Waals surface area contributed by atoms with Crippen molar-refractivity contribution < 1.29 is 14.6 Å². The number of hydrogen-bond acceptors (Lipinski definition) is 4. The van der Waals surface area contributed by atoms with Gasteiger partial charge in [0.1, 0.15) is 5.75 Å². The summed E-state index contributed by atoms with van der Waals surface area (Å²) >= 11 is 0. The Labute approximate surface area is 83.5 Å². The van der Waals surface area contributed by atoms with Crippen LogP contribution in [0.15, 0.2) is 6.07 Å². The zero-order chi connectivity index (χ0) is 10.7. The average Bonchev–Trinajstić information content (AvgIpc) is 2.17. The van der Waals surface area contributed by atoms with Gasteiger partial charge in [-0.25, -0.2) is 4.98 Å². The van der Waals surface area contributed by atoms with Crippen molar-refractivity contribution in [3.63, 3.8) is 0 Å². The van der Waals surface area contributed by atoms with Gasteiger partial charge in [0.15, 0.2) is 0 Å². The first-order valence-electron chi connectivity index (χ1n) is 4.37. The molecule has 0 bridgehead atoms. The number of pyridine rings is 1. The molecule has 0 amide bonds. The van der Waals surface area contributed by atoms with E-state index in [1.54, 1.807) is 27.2 Å². The van der Waals surface area contributed by atoms with Crippen LogP contribution in [0.25, 0.3) is 0 Å². The van der Waals surface area contributed by atoms with Gasteiger partial charge in [0.25, 0.3) is 0 Å². The summed E-state index contributed by atoms with van der Waals surface area (Å²) in [5, 5.41) is 9.38. The summed E-state index contributed by atoms with van der Waals surface area (Å²) in [6.07, 6.45) is -0.626. The van der Waals surface area contributed by atoms with E-state index in [0.29, 0.717) is 17.3 Å². The topological polar surface area (TPSA) is 51.6 Å². The maximum absolute atomic E-state index is 9.38. The molecule has 1 unspecified atom stereocenters. The number of ether oxygens (including phenoxy) is 2. The molecule has 1 heterocycles. The van der Waals surface area contributed by atoms with Gasteiger partial charge >= 0.3 is 0 Å². The summed E-state index contributed by atoms with van der Waals surface area (Å²) in [5.74, 6) is 1.16. The molecule has 0 radical (unpaired) electrons. The number of nitrogens with zero attached hydrogens (tertiary/aromatic N) is 1. The second-order valence-electron chi connectivity index (χ2n) is 3.06. The Morgan fingerprint density at radius 2 is 2.00 bits per heavy atom. The Balaban J connectivity index is 3.25.